The van der Waals surface area contributed by atoms with Crippen LogP contribution < -0.4 is 15.2 Å². The molecule has 1 aromatic heterocycles. The third kappa shape index (κ3) is 3.30. The summed E-state index contributed by atoms with van der Waals surface area (Å²) in [5, 5.41) is 0. The first-order valence-electron chi connectivity index (χ1n) is 6.68. The van der Waals surface area contributed by atoms with Crippen molar-refractivity contribution in [2.45, 2.75) is 19.4 Å². The summed E-state index contributed by atoms with van der Waals surface area (Å²) >= 11 is 0. The topological polar surface area (TPSA) is 62.3 Å². The fourth-order valence-electron chi connectivity index (χ4n) is 2.19. The number of rotatable bonds is 7. The molecule has 0 aliphatic heterocycles. The molecule has 0 bridgehead atoms. The quantitative estimate of drug-likeness (QED) is 0.834. The van der Waals surface area contributed by atoms with Gasteiger partial charge in [0.2, 0.25) is 0 Å². The molecule has 0 saturated carbocycles. The third-order valence-corrected chi connectivity index (χ3v) is 3.29. The molecule has 0 atom stereocenters. The van der Waals surface area contributed by atoms with E-state index in [1.54, 1.807) is 14.2 Å². The van der Waals surface area contributed by atoms with Gasteiger partial charge in [-0.15, -0.1) is 0 Å². The van der Waals surface area contributed by atoms with Gasteiger partial charge in [-0.25, -0.2) is 4.98 Å². The van der Waals surface area contributed by atoms with Crippen molar-refractivity contribution >= 4 is 0 Å². The van der Waals surface area contributed by atoms with E-state index in [-0.39, 0.29) is 0 Å². The second kappa shape index (κ2) is 6.96. The van der Waals surface area contributed by atoms with Gasteiger partial charge in [-0.3, -0.25) is 0 Å². The molecule has 2 aromatic rings. The molecule has 0 fully saturated rings. The van der Waals surface area contributed by atoms with Gasteiger partial charge >= 0.3 is 0 Å². The van der Waals surface area contributed by atoms with Crippen LogP contribution in [-0.2, 0) is 19.4 Å². The van der Waals surface area contributed by atoms with Crippen molar-refractivity contribution in [2.75, 3.05) is 20.8 Å². The highest BCUT2D eigenvalue weighted by atomic mass is 16.5. The maximum Gasteiger partial charge on any atom is 0.160 e. The molecule has 1 heterocycles. The van der Waals surface area contributed by atoms with Crippen molar-refractivity contribution in [3.05, 3.63) is 42.0 Å². The van der Waals surface area contributed by atoms with Crippen LogP contribution in [0.2, 0.25) is 0 Å². The van der Waals surface area contributed by atoms with Gasteiger partial charge in [-0.05, 0) is 30.7 Å². The highest BCUT2D eigenvalue weighted by Crippen LogP contribution is 2.27. The van der Waals surface area contributed by atoms with E-state index >= 15 is 0 Å². The van der Waals surface area contributed by atoms with Gasteiger partial charge in [0.1, 0.15) is 0 Å². The third-order valence-electron chi connectivity index (χ3n) is 3.29. The van der Waals surface area contributed by atoms with Crippen molar-refractivity contribution in [2.24, 2.45) is 5.73 Å². The maximum atomic E-state index is 5.59. The highest BCUT2D eigenvalue weighted by molar-refractivity contribution is 5.42. The Morgan fingerprint density at radius 1 is 1.15 bits per heavy atom. The van der Waals surface area contributed by atoms with Gasteiger partial charge in [0, 0.05) is 24.9 Å². The molecule has 5 heteroatoms. The average molecular weight is 275 g/mol. The lowest BCUT2D eigenvalue weighted by molar-refractivity contribution is 0.354. The Labute approximate surface area is 119 Å². The van der Waals surface area contributed by atoms with Crippen molar-refractivity contribution in [3.63, 3.8) is 0 Å². The molecule has 1 aromatic carbocycles. The lowest BCUT2D eigenvalue weighted by atomic mass is 10.1. The largest absolute Gasteiger partial charge is 0.493 e. The Morgan fingerprint density at radius 2 is 1.95 bits per heavy atom. The Kier molecular flexibility index (Phi) is 5.01. The second-order valence-electron chi connectivity index (χ2n) is 4.56. The Bertz CT molecular complexity index is 552. The average Bonchev–Trinajstić information content (AvgIpc) is 2.92. The molecule has 0 amide bonds. The summed E-state index contributed by atoms with van der Waals surface area (Å²) in [5.41, 5.74) is 7.97. The van der Waals surface area contributed by atoms with Gasteiger partial charge in [0.15, 0.2) is 11.5 Å². The van der Waals surface area contributed by atoms with Crippen LogP contribution in [0, 0.1) is 0 Å². The molecule has 2 N–H and O–H groups in total. The molecule has 108 valence electrons. The van der Waals surface area contributed by atoms with Crippen LogP contribution in [0.4, 0.5) is 0 Å². The molecular formula is C15H21N3O2. The molecule has 5 nitrogen and oxygen atoms in total. The van der Waals surface area contributed by atoms with Gasteiger partial charge in [0.05, 0.1) is 20.5 Å². The fraction of sp³-hybridized carbons (Fsp3) is 0.400. The first-order chi connectivity index (χ1) is 9.78. The SMILES string of the molecule is COc1ccc(CCn2cncc2CCN)cc1OC. The number of aryl methyl sites for hydroxylation is 2. The summed E-state index contributed by atoms with van der Waals surface area (Å²) in [6, 6.07) is 6.00. The van der Waals surface area contributed by atoms with E-state index in [0.29, 0.717) is 6.54 Å². The number of imidazole rings is 1. The molecule has 0 unspecified atom stereocenters. The number of benzene rings is 1. The van der Waals surface area contributed by atoms with E-state index in [0.717, 1.165) is 30.9 Å². The van der Waals surface area contributed by atoms with E-state index in [2.05, 4.69) is 15.6 Å². The minimum Gasteiger partial charge on any atom is -0.493 e. The van der Waals surface area contributed by atoms with Crippen LogP contribution in [0.1, 0.15) is 11.3 Å². The fourth-order valence-corrected chi connectivity index (χ4v) is 2.19. The zero-order valence-electron chi connectivity index (χ0n) is 12.0. The smallest absolute Gasteiger partial charge is 0.160 e. The van der Waals surface area contributed by atoms with Crippen molar-refractivity contribution in [1.29, 1.82) is 0 Å². The van der Waals surface area contributed by atoms with Crippen LogP contribution in [-0.4, -0.2) is 30.3 Å². The number of hydrogen-bond donors (Lipinski definition) is 1. The molecular weight excluding hydrogens is 254 g/mol. The van der Waals surface area contributed by atoms with E-state index in [1.807, 2.05) is 24.7 Å². The predicted molar refractivity (Wildman–Crippen MR) is 78.2 cm³/mol. The normalized spacial score (nSPS) is 10.6. The number of hydrogen-bond acceptors (Lipinski definition) is 4. The maximum absolute atomic E-state index is 5.59. The predicted octanol–water partition coefficient (Wildman–Crippen LogP) is 1.64. The molecule has 0 spiro atoms. The molecule has 2 rings (SSSR count). The molecule has 0 saturated heterocycles. The van der Waals surface area contributed by atoms with Crippen molar-refractivity contribution < 1.29 is 9.47 Å². The van der Waals surface area contributed by atoms with E-state index in [1.165, 1.54) is 11.3 Å². The van der Waals surface area contributed by atoms with Crippen LogP contribution in [0.3, 0.4) is 0 Å². The minimum atomic E-state index is 0.641. The number of nitrogens with zero attached hydrogens (tertiary/aromatic N) is 2. The second-order valence-corrected chi connectivity index (χ2v) is 4.56. The molecule has 0 aliphatic rings. The number of aromatic nitrogens is 2. The van der Waals surface area contributed by atoms with Gasteiger partial charge in [-0.2, -0.15) is 0 Å². The van der Waals surface area contributed by atoms with Crippen LogP contribution in [0.5, 0.6) is 11.5 Å². The standard InChI is InChI=1S/C15H21N3O2/c1-19-14-4-3-12(9-15(14)20-2)6-8-18-11-17-10-13(18)5-7-16/h3-4,9-11H,5-8,16H2,1-2H3. The number of ether oxygens (including phenoxy) is 2. The summed E-state index contributed by atoms with van der Waals surface area (Å²) in [6.07, 6.45) is 5.49. The van der Waals surface area contributed by atoms with Crippen molar-refractivity contribution in [1.82, 2.24) is 9.55 Å². The van der Waals surface area contributed by atoms with Gasteiger partial charge in [-0.1, -0.05) is 6.07 Å². The van der Waals surface area contributed by atoms with Crippen LogP contribution in [0.15, 0.2) is 30.7 Å². The van der Waals surface area contributed by atoms with E-state index in [9.17, 15) is 0 Å². The number of nitrogens with two attached hydrogens (primary N) is 1. The zero-order chi connectivity index (χ0) is 14.4. The van der Waals surface area contributed by atoms with Gasteiger partial charge in [0.25, 0.3) is 0 Å². The highest BCUT2D eigenvalue weighted by Gasteiger charge is 2.06. The summed E-state index contributed by atoms with van der Waals surface area (Å²) in [5.74, 6) is 1.51. The summed E-state index contributed by atoms with van der Waals surface area (Å²) in [6.45, 7) is 1.52. The van der Waals surface area contributed by atoms with Crippen LogP contribution in [0.25, 0.3) is 0 Å². The van der Waals surface area contributed by atoms with Crippen molar-refractivity contribution in [3.8, 4) is 11.5 Å². The minimum absolute atomic E-state index is 0.641. The summed E-state index contributed by atoms with van der Waals surface area (Å²) in [4.78, 5) is 4.18. The first-order valence-corrected chi connectivity index (χ1v) is 6.68. The van der Waals surface area contributed by atoms with E-state index < -0.39 is 0 Å². The molecule has 0 radical (unpaired) electrons. The molecule has 0 aliphatic carbocycles. The Balaban J connectivity index is 2.05. The lowest BCUT2D eigenvalue weighted by Crippen LogP contribution is -2.09. The zero-order valence-corrected chi connectivity index (χ0v) is 12.0. The first kappa shape index (κ1) is 14.4. The number of methoxy groups -OCH3 is 2. The summed E-state index contributed by atoms with van der Waals surface area (Å²) in [7, 11) is 3.29. The van der Waals surface area contributed by atoms with E-state index in [4.69, 9.17) is 15.2 Å². The monoisotopic (exact) mass is 275 g/mol. The Morgan fingerprint density at radius 3 is 2.65 bits per heavy atom. The van der Waals surface area contributed by atoms with Gasteiger partial charge < -0.3 is 19.8 Å². The molecule has 20 heavy (non-hydrogen) atoms. The Hall–Kier alpha value is -2.01. The summed E-state index contributed by atoms with van der Waals surface area (Å²) < 4.78 is 12.7. The lowest BCUT2D eigenvalue weighted by Gasteiger charge is -2.11. The van der Waals surface area contributed by atoms with Crippen LogP contribution >= 0.6 is 0 Å².